The van der Waals surface area contributed by atoms with Crippen LogP contribution in [0.5, 0.6) is 17.2 Å². The van der Waals surface area contributed by atoms with E-state index in [1.807, 2.05) is 0 Å². The zero-order chi connectivity index (χ0) is 29.0. The Morgan fingerprint density at radius 2 is 1.60 bits per heavy atom. The summed E-state index contributed by atoms with van der Waals surface area (Å²) in [5.41, 5.74) is -0.870. The average Bonchev–Trinajstić information content (AvgIpc) is 3.67. The molecule has 1 heterocycles. The van der Waals surface area contributed by atoms with Crippen molar-refractivity contribution >= 4 is 40.7 Å². The Balaban J connectivity index is 1.55. The Bertz CT molecular complexity index is 1460. The van der Waals surface area contributed by atoms with Crippen molar-refractivity contribution in [2.24, 2.45) is 0 Å². The topological polar surface area (TPSA) is 121 Å². The van der Waals surface area contributed by atoms with Gasteiger partial charge in [-0.3, -0.25) is 0 Å². The maximum absolute atomic E-state index is 14.8. The molecule has 0 atom stereocenters. The van der Waals surface area contributed by atoms with Gasteiger partial charge in [0.25, 0.3) is 0 Å². The van der Waals surface area contributed by atoms with Crippen molar-refractivity contribution in [3.8, 4) is 17.2 Å². The third-order valence-electron chi connectivity index (χ3n) is 5.64. The molecule has 1 aliphatic rings. The second-order valence-corrected chi connectivity index (χ2v) is 9.22. The van der Waals surface area contributed by atoms with Crippen LogP contribution in [0.3, 0.4) is 0 Å². The second kappa shape index (κ2) is 12.2. The van der Waals surface area contributed by atoms with Crippen molar-refractivity contribution in [3.05, 3.63) is 63.1 Å². The van der Waals surface area contributed by atoms with Gasteiger partial charge >= 0.3 is 18.0 Å². The van der Waals surface area contributed by atoms with E-state index in [4.69, 9.17) is 14.2 Å². The van der Waals surface area contributed by atoms with Crippen LogP contribution < -0.4 is 24.8 Å². The highest BCUT2D eigenvalue weighted by Gasteiger charge is 2.28. The van der Waals surface area contributed by atoms with Crippen LogP contribution in [0.1, 0.15) is 38.4 Å². The van der Waals surface area contributed by atoms with E-state index >= 15 is 0 Å². The van der Waals surface area contributed by atoms with Crippen LogP contribution in [-0.2, 0) is 16.1 Å². The maximum atomic E-state index is 14.8. The lowest BCUT2D eigenvalue weighted by molar-refractivity contribution is 0.0561. The number of methoxy groups -OCH3 is 3. The summed E-state index contributed by atoms with van der Waals surface area (Å²) in [6.45, 7) is -0.493. The summed E-state index contributed by atoms with van der Waals surface area (Å²) in [5.74, 6) is -4.95. The lowest BCUT2D eigenvalue weighted by Gasteiger charge is -2.16. The minimum Gasteiger partial charge on any atom is -0.493 e. The number of halogens is 3. The number of anilines is 2. The molecule has 10 nitrogen and oxygen atoms in total. The molecule has 3 aromatic rings. The van der Waals surface area contributed by atoms with E-state index in [9.17, 15) is 27.6 Å². The van der Waals surface area contributed by atoms with E-state index in [-0.39, 0.29) is 50.7 Å². The molecule has 14 heteroatoms. The van der Waals surface area contributed by atoms with Gasteiger partial charge in [-0.1, -0.05) is 0 Å². The highest BCUT2D eigenvalue weighted by atomic mass is 32.1. The summed E-state index contributed by atoms with van der Waals surface area (Å²) in [7, 11) is 3.46. The molecule has 1 aromatic heterocycles. The number of carbonyl (C=O) groups is 3. The fourth-order valence-electron chi connectivity index (χ4n) is 3.51. The number of carbonyl (C=O) groups excluding carboxylic acids is 3. The largest absolute Gasteiger partial charge is 0.493 e. The van der Waals surface area contributed by atoms with Crippen LogP contribution in [0.25, 0.3) is 0 Å². The van der Waals surface area contributed by atoms with Crippen LogP contribution in [0.15, 0.2) is 29.6 Å². The van der Waals surface area contributed by atoms with Crippen molar-refractivity contribution < 1.29 is 51.2 Å². The number of esters is 2. The molecule has 0 aliphatic heterocycles. The number of urea groups is 1. The fourth-order valence-corrected chi connectivity index (χ4v) is 4.42. The molecule has 1 saturated carbocycles. The minimum absolute atomic E-state index is 0.0788. The number of thiophene rings is 1. The molecule has 0 unspecified atom stereocenters. The van der Waals surface area contributed by atoms with E-state index in [2.05, 4.69) is 20.1 Å². The molecule has 1 fully saturated rings. The first-order chi connectivity index (χ1) is 19.2. The number of amides is 2. The molecule has 40 heavy (non-hydrogen) atoms. The fraction of sp³-hybridized carbons (Fsp3) is 0.269. The van der Waals surface area contributed by atoms with Crippen LogP contribution in [0.2, 0.25) is 0 Å². The summed E-state index contributed by atoms with van der Waals surface area (Å²) in [6.07, 6.45) is 1.49. The maximum Gasteiger partial charge on any atom is 0.349 e. The van der Waals surface area contributed by atoms with Crippen LogP contribution in [0.4, 0.5) is 29.3 Å². The SMILES string of the molecule is COC(=O)c1scc(NC(=O)Nc2cc(OCc3c(OC4CC4)ccc(F)c3F)c(OC)cc2F)c1C(=O)OC. The predicted molar refractivity (Wildman–Crippen MR) is 137 cm³/mol. The number of ether oxygens (including phenoxy) is 5. The van der Waals surface area contributed by atoms with Crippen LogP contribution in [0, 0.1) is 17.5 Å². The number of benzene rings is 2. The van der Waals surface area contributed by atoms with E-state index in [1.54, 1.807) is 0 Å². The highest BCUT2D eigenvalue weighted by molar-refractivity contribution is 7.13. The molecule has 2 N–H and O–H groups in total. The highest BCUT2D eigenvalue weighted by Crippen LogP contribution is 2.36. The first kappa shape index (κ1) is 28.5. The molecule has 0 radical (unpaired) electrons. The van der Waals surface area contributed by atoms with Gasteiger partial charge in [-0.2, -0.15) is 0 Å². The number of rotatable bonds is 10. The van der Waals surface area contributed by atoms with E-state index in [1.165, 1.54) is 18.6 Å². The first-order valence-electron chi connectivity index (χ1n) is 11.7. The Morgan fingerprint density at radius 1 is 0.900 bits per heavy atom. The average molecular weight is 581 g/mol. The van der Waals surface area contributed by atoms with Gasteiger partial charge in [-0.05, 0) is 25.0 Å². The molecule has 2 aromatic carbocycles. The van der Waals surface area contributed by atoms with Crippen molar-refractivity contribution in [2.45, 2.75) is 25.6 Å². The zero-order valence-electron chi connectivity index (χ0n) is 21.4. The molecular formula is C26H23F3N2O8S. The zero-order valence-corrected chi connectivity index (χ0v) is 22.2. The van der Waals surface area contributed by atoms with Gasteiger partial charge in [0, 0.05) is 17.5 Å². The molecular weight excluding hydrogens is 557 g/mol. The molecule has 1 aliphatic carbocycles. The smallest absolute Gasteiger partial charge is 0.349 e. The Morgan fingerprint density at radius 3 is 2.25 bits per heavy atom. The van der Waals surface area contributed by atoms with Crippen molar-refractivity contribution in [1.82, 2.24) is 0 Å². The third kappa shape index (κ3) is 6.22. The summed E-state index contributed by atoms with van der Waals surface area (Å²) in [4.78, 5) is 36.8. The number of hydrogen-bond donors (Lipinski definition) is 2. The Kier molecular flexibility index (Phi) is 8.67. The van der Waals surface area contributed by atoms with E-state index in [0.29, 0.717) is 0 Å². The third-order valence-corrected chi connectivity index (χ3v) is 6.60. The van der Waals surface area contributed by atoms with Gasteiger partial charge in [0.15, 0.2) is 29.0 Å². The minimum atomic E-state index is -1.15. The quantitative estimate of drug-likeness (QED) is 0.301. The standard InChI is InChI=1S/C26H23F3N2O8S/c1-35-19-8-15(28)16(30-26(34)31-17-11-40-23(25(33)37-3)21(17)24(32)36-2)9-20(19)38-10-13-18(39-12-4-5-12)7-6-14(27)22(13)29/h6-9,11-12H,4-5,10H2,1-3H3,(H2,30,31,34). The lowest BCUT2D eigenvalue weighted by Crippen LogP contribution is -2.22. The Hall–Kier alpha value is -4.46. The molecule has 0 spiro atoms. The van der Waals surface area contributed by atoms with Crippen molar-refractivity contribution in [3.63, 3.8) is 0 Å². The van der Waals surface area contributed by atoms with Crippen LogP contribution >= 0.6 is 11.3 Å². The monoisotopic (exact) mass is 580 g/mol. The summed E-state index contributed by atoms with van der Waals surface area (Å²) >= 11 is 0.830. The normalized spacial score (nSPS) is 12.3. The molecule has 212 valence electrons. The first-order valence-corrected chi connectivity index (χ1v) is 12.5. The van der Waals surface area contributed by atoms with Gasteiger partial charge in [0.1, 0.15) is 22.8 Å². The van der Waals surface area contributed by atoms with E-state index in [0.717, 1.165) is 56.6 Å². The predicted octanol–water partition coefficient (Wildman–Crippen LogP) is 5.51. The van der Waals surface area contributed by atoms with E-state index < -0.39 is 42.0 Å². The summed E-state index contributed by atoms with van der Waals surface area (Å²) in [6, 6.07) is 3.27. The summed E-state index contributed by atoms with van der Waals surface area (Å²) in [5, 5.41) is 5.94. The Labute approximate surface area is 229 Å². The number of nitrogens with one attached hydrogen (secondary N) is 2. The van der Waals surface area contributed by atoms with Gasteiger partial charge in [0.05, 0.1) is 44.4 Å². The second-order valence-electron chi connectivity index (χ2n) is 8.34. The number of hydrogen-bond acceptors (Lipinski definition) is 9. The van der Waals surface area contributed by atoms with Gasteiger partial charge in [-0.25, -0.2) is 27.6 Å². The van der Waals surface area contributed by atoms with Gasteiger partial charge < -0.3 is 34.3 Å². The van der Waals surface area contributed by atoms with Crippen molar-refractivity contribution in [2.75, 3.05) is 32.0 Å². The lowest BCUT2D eigenvalue weighted by atomic mass is 10.2. The van der Waals surface area contributed by atoms with Gasteiger partial charge in [-0.15, -0.1) is 11.3 Å². The molecule has 0 bridgehead atoms. The summed E-state index contributed by atoms with van der Waals surface area (Å²) < 4.78 is 69.0. The molecule has 0 saturated heterocycles. The molecule has 2 amide bonds. The van der Waals surface area contributed by atoms with Gasteiger partial charge in [0.2, 0.25) is 0 Å². The van der Waals surface area contributed by atoms with Crippen LogP contribution in [-0.4, -0.2) is 45.4 Å². The molecule has 4 rings (SSSR count). The van der Waals surface area contributed by atoms with Crippen molar-refractivity contribution in [1.29, 1.82) is 0 Å².